The largest absolute Gasteiger partial charge is 0.383 e. The molecule has 20 heavy (non-hydrogen) atoms. The van der Waals surface area contributed by atoms with E-state index in [1.807, 2.05) is 0 Å². The van der Waals surface area contributed by atoms with Gasteiger partial charge >= 0.3 is 0 Å². The minimum Gasteiger partial charge on any atom is -0.383 e. The number of hydrogen-bond acceptors (Lipinski definition) is 5. The number of halogens is 3. The first kappa shape index (κ1) is 14.9. The molecule has 2 rings (SSSR count). The van der Waals surface area contributed by atoms with Crippen LogP contribution in [-0.2, 0) is 11.3 Å². The maximum Gasteiger partial charge on any atom is 0.170 e. The molecule has 0 aliphatic carbocycles. The summed E-state index contributed by atoms with van der Waals surface area (Å²) in [7, 11) is 1.59. The van der Waals surface area contributed by atoms with Crippen LogP contribution in [0.25, 0.3) is 5.69 Å². The third kappa shape index (κ3) is 3.35. The van der Waals surface area contributed by atoms with Crippen LogP contribution >= 0.6 is 15.9 Å². The van der Waals surface area contributed by atoms with Gasteiger partial charge in [-0.25, -0.2) is 8.78 Å². The van der Waals surface area contributed by atoms with Gasteiger partial charge in [-0.1, -0.05) is 0 Å². The predicted molar refractivity (Wildman–Crippen MR) is 70.4 cm³/mol. The van der Waals surface area contributed by atoms with Crippen LogP contribution in [0, 0.1) is 11.6 Å². The van der Waals surface area contributed by atoms with Crippen molar-refractivity contribution in [3.63, 3.8) is 0 Å². The van der Waals surface area contributed by atoms with Gasteiger partial charge in [-0.3, -0.25) is 0 Å². The molecule has 0 saturated heterocycles. The van der Waals surface area contributed by atoms with Crippen LogP contribution in [0.4, 0.5) is 8.78 Å². The first-order chi connectivity index (χ1) is 9.63. The third-order valence-corrected chi connectivity index (χ3v) is 3.13. The second kappa shape index (κ2) is 6.82. The second-order valence-electron chi connectivity index (χ2n) is 3.89. The summed E-state index contributed by atoms with van der Waals surface area (Å²) >= 11 is 2.92. The Kier molecular flexibility index (Phi) is 5.10. The molecule has 108 valence electrons. The van der Waals surface area contributed by atoms with Gasteiger partial charge in [0.25, 0.3) is 0 Å². The molecule has 0 fully saturated rings. The smallest absolute Gasteiger partial charge is 0.170 e. The first-order valence-corrected chi connectivity index (χ1v) is 6.54. The van der Waals surface area contributed by atoms with Crippen LogP contribution in [0.2, 0.25) is 0 Å². The predicted octanol–water partition coefficient (Wildman–Crippen LogP) is 1.44. The summed E-state index contributed by atoms with van der Waals surface area (Å²) in [5, 5.41) is 14.0. The number of methoxy groups -OCH3 is 1. The van der Waals surface area contributed by atoms with Crippen molar-refractivity contribution in [1.29, 1.82) is 0 Å². The lowest BCUT2D eigenvalue weighted by molar-refractivity contribution is 0.199. The molecule has 0 aliphatic heterocycles. The lowest BCUT2D eigenvalue weighted by atomic mass is 10.3. The monoisotopic (exact) mass is 347 g/mol. The summed E-state index contributed by atoms with van der Waals surface area (Å²) in [5.74, 6) is -0.833. The average molecular weight is 348 g/mol. The summed E-state index contributed by atoms with van der Waals surface area (Å²) in [5.41, 5.74) is -0.0424. The van der Waals surface area contributed by atoms with Gasteiger partial charge in [-0.05, 0) is 32.4 Å². The van der Waals surface area contributed by atoms with Gasteiger partial charge in [-0.15, -0.1) is 5.10 Å². The highest BCUT2D eigenvalue weighted by atomic mass is 79.9. The van der Waals surface area contributed by atoms with Crippen molar-refractivity contribution in [2.75, 3.05) is 20.3 Å². The normalized spacial score (nSPS) is 11.0. The van der Waals surface area contributed by atoms with Gasteiger partial charge in [-0.2, -0.15) is 4.68 Å². The number of ether oxygens (including phenoxy) is 1. The minimum atomic E-state index is -0.622. The fourth-order valence-corrected chi connectivity index (χ4v) is 1.87. The number of nitrogens with one attached hydrogen (secondary N) is 1. The molecule has 9 heteroatoms. The Balaban J connectivity index is 2.21. The van der Waals surface area contributed by atoms with E-state index in [2.05, 4.69) is 36.8 Å². The molecule has 0 saturated carbocycles. The first-order valence-electron chi connectivity index (χ1n) is 5.75. The maximum absolute atomic E-state index is 13.9. The van der Waals surface area contributed by atoms with E-state index in [9.17, 15) is 8.78 Å². The van der Waals surface area contributed by atoms with Crippen molar-refractivity contribution in [1.82, 2.24) is 25.5 Å². The Labute approximate surface area is 122 Å². The maximum atomic E-state index is 13.9. The van der Waals surface area contributed by atoms with E-state index >= 15 is 0 Å². The number of hydrogen-bond donors (Lipinski definition) is 1. The number of tetrazole rings is 1. The zero-order chi connectivity index (χ0) is 14.5. The van der Waals surface area contributed by atoms with E-state index in [4.69, 9.17) is 4.74 Å². The lowest BCUT2D eigenvalue weighted by Crippen LogP contribution is -2.21. The molecule has 0 atom stereocenters. The van der Waals surface area contributed by atoms with Crippen molar-refractivity contribution < 1.29 is 13.5 Å². The number of rotatable bonds is 6. The molecule has 2 aromatic rings. The Bertz CT molecular complexity index is 592. The summed E-state index contributed by atoms with van der Waals surface area (Å²) in [6.45, 7) is 1.44. The van der Waals surface area contributed by atoms with Crippen LogP contribution in [-0.4, -0.2) is 40.5 Å². The van der Waals surface area contributed by atoms with Gasteiger partial charge in [0.2, 0.25) is 0 Å². The van der Waals surface area contributed by atoms with Crippen molar-refractivity contribution >= 4 is 15.9 Å². The van der Waals surface area contributed by atoms with Crippen LogP contribution in [0.15, 0.2) is 16.6 Å². The number of nitrogens with zero attached hydrogens (tertiary/aromatic N) is 4. The summed E-state index contributed by atoms with van der Waals surface area (Å²) in [6, 6.07) is 2.07. The van der Waals surface area contributed by atoms with Crippen LogP contribution < -0.4 is 5.32 Å². The van der Waals surface area contributed by atoms with E-state index in [-0.39, 0.29) is 10.2 Å². The van der Waals surface area contributed by atoms with E-state index in [1.54, 1.807) is 7.11 Å². The van der Waals surface area contributed by atoms with E-state index in [0.717, 1.165) is 16.8 Å². The summed E-state index contributed by atoms with van der Waals surface area (Å²) in [4.78, 5) is 0. The van der Waals surface area contributed by atoms with Crippen molar-refractivity contribution in [3.8, 4) is 5.69 Å². The highest BCUT2D eigenvalue weighted by Gasteiger charge is 2.15. The molecule has 1 aromatic carbocycles. The fourth-order valence-electron chi connectivity index (χ4n) is 1.55. The molecule has 1 N–H and O–H groups in total. The average Bonchev–Trinajstić information content (AvgIpc) is 2.87. The minimum absolute atomic E-state index is 0.0424. The molecule has 0 spiro atoms. The van der Waals surface area contributed by atoms with E-state index in [1.165, 1.54) is 0 Å². The lowest BCUT2D eigenvalue weighted by Gasteiger charge is -2.07. The van der Waals surface area contributed by atoms with E-state index in [0.29, 0.717) is 25.5 Å². The van der Waals surface area contributed by atoms with Gasteiger partial charge in [0.15, 0.2) is 5.82 Å². The van der Waals surface area contributed by atoms with Crippen LogP contribution in [0.3, 0.4) is 0 Å². The van der Waals surface area contributed by atoms with Crippen molar-refractivity contribution in [2.24, 2.45) is 0 Å². The molecule has 0 unspecified atom stereocenters. The Morgan fingerprint density at radius 2 is 2.15 bits per heavy atom. The highest BCUT2D eigenvalue weighted by molar-refractivity contribution is 9.10. The standard InChI is InChI=1S/C11H12BrF2N5O/c1-20-3-2-15-6-11-16-17-18-19(11)10-5-8(13)7(12)4-9(10)14/h4-5,15H,2-3,6H2,1H3. The van der Waals surface area contributed by atoms with Crippen LogP contribution in [0.5, 0.6) is 0 Å². The molecule has 6 nitrogen and oxygen atoms in total. The van der Waals surface area contributed by atoms with Crippen LogP contribution in [0.1, 0.15) is 5.82 Å². The van der Waals surface area contributed by atoms with E-state index < -0.39 is 11.6 Å². The second-order valence-corrected chi connectivity index (χ2v) is 4.75. The zero-order valence-electron chi connectivity index (χ0n) is 10.6. The summed E-state index contributed by atoms with van der Waals surface area (Å²) in [6.07, 6.45) is 0. The molecule has 1 heterocycles. The molecule has 0 aliphatic rings. The zero-order valence-corrected chi connectivity index (χ0v) is 12.2. The van der Waals surface area contributed by atoms with Gasteiger partial charge < -0.3 is 10.1 Å². The Morgan fingerprint density at radius 1 is 1.35 bits per heavy atom. The topological polar surface area (TPSA) is 64.9 Å². The Morgan fingerprint density at radius 3 is 2.90 bits per heavy atom. The number of aromatic nitrogens is 4. The molecule has 0 amide bonds. The molecular formula is C11H12BrF2N5O. The molecule has 1 aromatic heterocycles. The highest BCUT2D eigenvalue weighted by Crippen LogP contribution is 2.22. The van der Waals surface area contributed by atoms with Gasteiger partial charge in [0.05, 0.1) is 17.6 Å². The number of benzene rings is 1. The van der Waals surface area contributed by atoms with Gasteiger partial charge in [0.1, 0.15) is 17.3 Å². The summed E-state index contributed by atoms with van der Waals surface area (Å²) < 4.78 is 33.5. The van der Waals surface area contributed by atoms with Crippen molar-refractivity contribution in [3.05, 3.63) is 34.1 Å². The molecular weight excluding hydrogens is 336 g/mol. The molecule has 0 bridgehead atoms. The fraction of sp³-hybridized carbons (Fsp3) is 0.364. The third-order valence-electron chi connectivity index (χ3n) is 2.52. The molecule has 0 radical (unpaired) electrons. The quantitative estimate of drug-likeness (QED) is 0.632. The van der Waals surface area contributed by atoms with Gasteiger partial charge in [0, 0.05) is 19.7 Å². The Hall–Kier alpha value is -1.45. The van der Waals surface area contributed by atoms with Crippen molar-refractivity contribution in [2.45, 2.75) is 6.54 Å². The SMILES string of the molecule is COCCNCc1nnnn1-c1cc(F)c(Br)cc1F.